The maximum absolute atomic E-state index is 11.4. The molecule has 0 aliphatic heterocycles. The lowest BCUT2D eigenvalue weighted by Crippen LogP contribution is -2.74. The second-order valence-electron chi connectivity index (χ2n) is 8.62. The molecule has 0 heterocycles. The molecule has 0 aromatic heterocycles. The Morgan fingerprint density at radius 2 is 1.96 bits per heavy atom. The molecule has 0 saturated heterocycles. The number of rotatable bonds is 7. The van der Waals surface area contributed by atoms with Crippen molar-refractivity contribution in [1.29, 1.82) is 0 Å². The number of fused-ring (bicyclic) bond motifs is 1. The van der Waals surface area contributed by atoms with Crippen molar-refractivity contribution >= 4 is 6.29 Å². The molecule has 4 saturated carbocycles. The van der Waals surface area contributed by atoms with Gasteiger partial charge in [-0.15, -0.1) is 0 Å². The van der Waals surface area contributed by atoms with E-state index < -0.39 is 0 Å². The summed E-state index contributed by atoms with van der Waals surface area (Å²) in [7, 11) is 2.96. The second-order valence-corrected chi connectivity index (χ2v) is 8.62. The van der Waals surface area contributed by atoms with E-state index in [0.717, 1.165) is 32.8 Å². The number of hydrogen-bond donors (Lipinski definition) is 3. The molecule has 4 aliphatic carbocycles. The van der Waals surface area contributed by atoms with E-state index in [4.69, 9.17) is 5.11 Å². The molecule has 4 nitrogen and oxygen atoms in total. The largest absolute Gasteiger partial charge is 0.400 e. The minimum atomic E-state index is -0.0709. The highest BCUT2D eigenvalue weighted by atomic mass is 16.3. The molecule has 0 amide bonds. The number of carbonyl (C=O) groups is 1. The van der Waals surface area contributed by atoms with Crippen LogP contribution in [-0.4, -0.2) is 43.3 Å². The fraction of sp³-hybridized carbons (Fsp3) is 0.708. The fourth-order valence-corrected chi connectivity index (χ4v) is 7.17. The van der Waals surface area contributed by atoms with Crippen LogP contribution in [-0.2, 0) is 4.79 Å². The molecule has 4 fully saturated rings. The van der Waals surface area contributed by atoms with Crippen molar-refractivity contribution in [2.75, 3.05) is 20.7 Å². The second kappa shape index (κ2) is 9.51. The van der Waals surface area contributed by atoms with Crippen LogP contribution in [0.3, 0.4) is 0 Å². The summed E-state index contributed by atoms with van der Waals surface area (Å²) in [6.45, 7) is 9.32. The average Bonchev–Trinajstić information content (AvgIpc) is 3.20. The van der Waals surface area contributed by atoms with Crippen molar-refractivity contribution < 1.29 is 15.0 Å². The fourth-order valence-electron chi connectivity index (χ4n) is 7.17. The number of aldehydes is 1. The summed E-state index contributed by atoms with van der Waals surface area (Å²) in [4.78, 5) is 11.4. The summed E-state index contributed by atoms with van der Waals surface area (Å²) in [6.07, 6.45) is 14.5. The maximum atomic E-state index is 11.4. The Labute approximate surface area is 170 Å². The van der Waals surface area contributed by atoms with Crippen molar-refractivity contribution in [2.24, 2.45) is 34.5 Å². The Morgan fingerprint density at radius 1 is 1.29 bits per heavy atom. The lowest BCUT2D eigenvalue weighted by atomic mass is 9.26. The summed E-state index contributed by atoms with van der Waals surface area (Å²) >= 11 is 0. The van der Waals surface area contributed by atoms with Gasteiger partial charge in [0.25, 0.3) is 0 Å². The van der Waals surface area contributed by atoms with Crippen LogP contribution in [0.15, 0.2) is 36.5 Å². The van der Waals surface area contributed by atoms with Gasteiger partial charge in [-0.25, -0.2) is 0 Å². The summed E-state index contributed by atoms with van der Waals surface area (Å²) in [5.74, 6) is 2.16. The number of allylic oxidation sites excluding steroid dienone is 5. The molecule has 7 atom stereocenters. The van der Waals surface area contributed by atoms with Crippen LogP contribution in [0.25, 0.3) is 0 Å². The average molecular weight is 390 g/mol. The Balaban J connectivity index is 0.000000352. The first kappa shape index (κ1) is 23.1. The lowest BCUT2D eigenvalue weighted by Gasteiger charge is -2.77. The highest BCUT2D eigenvalue weighted by Crippen LogP contribution is 2.88. The standard InChI is InChI=1S/C19H24O2.C4H11N.CH4O/c1-3-5-6-13(4-2)18(7-8-20)15-9-12-11-19(15)14(17(12)21)10-16(18)19;1-3-4-5-2;1-2/h3-6,8,12,14-17,21H,2,7,9-11H2,1H3;5H,3-4H2,1-2H3;2H,1H3/b5-3-,13-6+;;. The molecule has 2 bridgehead atoms. The minimum absolute atomic E-state index is 0.00833. The first-order valence-electron chi connectivity index (χ1n) is 10.7. The number of hydrogen-bond acceptors (Lipinski definition) is 4. The molecule has 158 valence electrons. The molecule has 4 heteroatoms. The van der Waals surface area contributed by atoms with Crippen molar-refractivity contribution in [1.82, 2.24) is 5.32 Å². The molecule has 0 aromatic carbocycles. The van der Waals surface area contributed by atoms with Gasteiger partial charge in [-0.05, 0) is 80.9 Å². The zero-order valence-corrected chi connectivity index (χ0v) is 18.0. The van der Waals surface area contributed by atoms with E-state index >= 15 is 0 Å². The highest BCUT2D eigenvalue weighted by molar-refractivity contribution is 5.57. The Hall–Kier alpha value is -1.23. The SMILES string of the molecule is C=C/C(=C\C=C/C)C1(CC=O)C2CC3CC24C(CC14)C3O.CCCNC.CO. The number of nitrogens with one attached hydrogen (secondary N) is 1. The third-order valence-electron chi connectivity index (χ3n) is 7.92. The Kier molecular flexibility index (Phi) is 7.83. The van der Waals surface area contributed by atoms with Gasteiger partial charge < -0.3 is 20.3 Å². The van der Waals surface area contributed by atoms with E-state index in [1.807, 2.05) is 26.1 Å². The molecule has 4 aliphatic rings. The zero-order chi connectivity index (χ0) is 20.9. The van der Waals surface area contributed by atoms with Crippen molar-refractivity contribution in [2.45, 2.75) is 52.1 Å². The molecule has 0 radical (unpaired) electrons. The third-order valence-corrected chi connectivity index (χ3v) is 7.92. The predicted molar refractivity (Wildman–Crippen MR) is 115 cm³/mol. The minimum Gasteiger partial charge on any atom is -0.400 e. The van der Waals surface area contributed by atoms with Gasteiger partial charge in [0.1, 0.15) is 6.29 Å². The van der Waals surface area contributed by atoms with Gasteiger partial charge in [0, 0.05) is 18.9 Å². The van der Waals surface area contributed by atoms with Crippen LogP contribution >= 0.6 is 0 Å². The monoisotopic (exact) mass is 389 g/mol. The number of aliphatic hydroxyl groups excluding tert-OH is 2. The van der Waals surface area contributed by atoms with Crippen molar-refractivity contribution in [3.05, 3.63) is 36.5 Å². The number of aliphatic hydroxyl groups is 2. The van der Waals surface area contributed by atoms with Crippen LogP contribution in [0.1, 0.15) is 46.0 Å². The third kappa shape index (κ3) is 3.05. The lowest BCUT2D eigenvalue weighted by molar-refractivity contribution is -0.288. The first-order chi connectivity index (χ1) is 13.6. The molecule has 28 heavy (non-hydrogen) atoms. The van der Waals surface area contributed by atoms with Crippen LogP contribution in [0, 0.1) is 34.5 Å². The summed E-state index contributed by atoms with van der Waals surface area (Å²) < 4.78 is 0. The van der Waals surface area contributed by atoms with E-state index in [2.05, 4.69) is 31.0 Å². The predicted octanol–water partition coefficient (Wildman–Crippen LogP) is 3.51. The van der Waals surface area contributed by atoms with Gasteiger partial charge in [0.2, 0.25) is 0 Å². The molecule has 7 unspecified atom stereocenters. The molecule has 3 N–H and O–H groups in total. The molecular weight excluding hydrogens is 350 g/mol. The smallest absolute Gasteiger partial charge is 0.120 e. The van der Waals surface area contributed by atoms with Crippen LogP contribution in [0.4, 0.5) is 0 Å². The molecule has 1 spiro atoms. The van der Waals surface area contributed by atoms with Crippen molar-refractivity contribution in [3.8, 4) is 0 Å². The van der Waals surface area contributed by atoms with Crippen LogP contribution in [0.5, 0.6) is 0 Å². The van der Waals surface area contributed by atoms with E-state index in [1.54, 1.807) is 0 Å². The van der Waals surface area contributed by atoms with E-state index in [1.165, 1.54) is 18.4 Å². The van der Waals surface area contributed by atoms with E-state index in [-0.39, 0.29) is 11.5 Å². The summed E-state index contributed by atoms with van der Waals surface area (Å²) in [5, 5.41) is 20.4. The summed E-state index contributed by atoms with van der Waals surface area (Å²) in [5.41, 5.74) is 1.62. The highest BCUT2D eigenvalue weighted by Gasteiger charge is 2.85. The van der Waals surface area contributed by atoms with Gasteiger partial charge in [0.05, 0.1) is 6.10 Å². The first-order valence-corrected chi connectivity index (χ1v) is 10.7. The molecule has 0 aromatic rings. The molecule has 4 rings (SSSR count). The maximum Gasteiger partial charge on any atom is 0.120 e. The Bertz CT molecular complexity index is 611. The summed E-state index contributed by atoms with van der Waals surface area (Å²) in [6, 6.07) is 0. The molecular formula is C24H39NO3. The normalized spacial score (nSPS) is 41.6. The Morgan fingerprint density at radius 3 is 2.43 bits per heavy atom. The number of carbonyl (C=O) groups excluding carboxylic acids is 1. The topological polar surface area (TPSA) is 69.6 Å². The quantitative estimate of drug-likeness (QED) is 0.460. The van der Waals surface area contributed by atoms with Crippen molar-refractivity contribution in [3.63, 3.8) is 0 Å². The zero-order valence-electron chi connectivity index (χ0n) is 18.0. The van der Waals surface area contributed by atoms with E-state index in [0.29, 0.717) is 35.5 Å². The van der Waals surface area contributed by atoms with Gasteiger partial charge >= 0.3 is 0 Å². The van der Waals surface area contributed by atoms with Gasteiger partial charge in [0.15, 0.2) is 0 Å². The van der Waals surface area contributed by atoms with Gasteiger partial charge in [-0.2, -0.15) is 0 Å². The van der Waals surface area contributed by atoms with E-state index in [9.17, 15) is 9.90 Å². The van der Waals surface area contributed by atoms with Crippen LogP contribution in [0.2, 0.25) is 0 Å². The van der Waals surface area contributed by atoms with Crippen LogP contribution < -0.4 is 5.32 Å². The van der Waals surface area contributed by atoms with Gasteiger partial charge in [-0.1, -0.05) is 37.8 Å². The van der Waals surface area contributed by atoms with Gasteiger partial charge in [-0.3, -0.25) is 0 Å².